The first-order valence-electron chi connectivity index (χ1n) is 23.4. The maximum atomic E-state index is 4.06. The molecule has 0 spiro atoms. The Bertz CT molecular complexity index is 2280. The van der Waals surface area contributed by atoms with Gasteiger partial charge in [-0.2, -0.15) is 0 Å². The van der Waals surface area contributed by atoms with E-state index in [2.05, 4.69) is 151 Å². The maximum Gasteiger partial charge on any atom is 0.0944 e. The van der Waals surface area contributed by atoms with Crippen molar-refractivity contribution in [3.63, 3.8) is 0 Å². The molecule has 58 heavy (non-hydrogen) atoms. The molecule has 2 aromatic rings. The number of likely N-dealkylation sites (tertiary alicyclic amines) is 1. The Morgan fingerprint density at radius 1 is 0.741 bits per heavy atom. The molecule has 11 rings (SSSR count). The average molecular weight is 763 g/mol. The van der Waals surface area contributed by atoms with Gasteiger partial charge in [-0.05, 0) is 147 Å². The lowest BCUT2D eigenvalue weighted by atomic mass is 9.65. The normalized spacial score (nSPS) is 35.8. The van der Waals surface area contributed by atoms with Crippen molar-refractivity contribution < 1.29 is 0 Å². The molecule has 2 nitrogen and oxygen atoms in total. The molecule has 1 aromatic carbocycles. The number of hydrogen-bond donors (Lipinski definition) is 0. The van der Waals surface area contributed by atoms with Crippen molar-refractivity contribution in [2.24, 2.45) is 53.3 Å². The second-order valence-corrected chi connectivity index (χ2v) is 19.5. The van der Waals surface area contributed by atoms with E-state index in [0.717, 1.165) is 25.2 Å². The highest BCUT2D eigenvalue weighted by Gasteiger charge is 2.53. The van der Waals surface area contributed by atoms with Crippen molar-refractivity contribution in [2.75, 3.05) is 0 Å². The van der Waals surface area contributed by atoms with Crippen LogP contribution in [0.2, 0.25) is 0 Å². The van der Waals surface area contributed by atoms with Crippen LogP contribution in [0.3, 0.4) is 0 Å². The number of nitrogens with zero attached hydrogens (tertiary/aromatic N) is 2. The molecule has 2 heteroatoms. The average Bonchev–Trinajstić information content (AvgIpc) is 3.79. The highest BCUT2D eigenvalue weighted by Crippen LogP contribution is 2.52. The summed E-state index contributed by atoms with van der Waals surface area (Å²) in [7, 11) is 0. The lowest BCUT2D eigenvalue weighted by molar-refractivity contribution is 0.195. The Morgan fingerprint density at radius 3 is 2.52 bits per heavy atom. The van der Waals surface area contributed by atoms with Gasteiger partial charge in [-0.3, -0.25) is 0 Å². The molecule has 0 radical (unpaired) electrons. The van der Waals surface area contributed by atoms with Crippen molar-refractivity contribution >= 4 is 17.3 Å². The first-order valence-corrected chi connectivity index (χ1v) is 23.4. The fourth-order valence-corrected chi connectivity index (χ4v) is 13.2. The maximum absolute atomic E-state index is 4.06. The molecule has 1 aliphatic heterocycles. The third kappa shape index (κ3) is 6.38. The van der Waals surface area contributed by atoms with E-state index in [1.54, 1.807) is 28.1 Å². The Kier molecular flexibility index (Phi) is 9.64. The summed E-state index contributed by atoms with van der Waals surface area (Å²) in [4.78, 5) is 2.82. The van der Waals surface area contributed by atoms with Crippen LogP contribution < -0.4 is 0 Å². The van der Waals surface area contributed by atoms with Crippen LogP contribution in [-0.4, -0.2) is 21.6 Å². The van der Waals surface area contributed by atoms with E-state index in [4.69, 9.17) is 0 Å². The monoisotopic (exact) mass is 762 g/mol. The molecule has 0 amide bonds. The molecule has 1 aromatic heterocycles. The summed E-state index contributed by atoms with van der Waals surface area (Å²) in [6.07, 6.45) is 50.7. The predicted molar refractivity (Wildman–Crippen MR) is 242 cm³/mol. The van der Waals surface area contributed by atoms with Crippen LogP contribution in [0.4, 0.5) is 0 Å². The zero-order valence-corrected chi connectivity index (χ0v) is 34.9. The largest absolute Gasteiger partial charge is 0.354 e. The van der Waals surface area contributed by atoms with Crippen LogP contribution in [0.15, 0.2) is 121 Å². The van der Waals surface area contributed by atoms with Gasteiger partial charge in [0, 0.05) is 52.5 Å². The first-order chi connectivity index (χ1) is 28.6. The molecule has 0 N–H and O–H groups in total. The zero-order chi connectivity index (χ0) is 38.7. The second-order valence-electron chi connectivity index (χ2n) is 19.5. The molecule has 8 aliphatic carbocycles. The molecule has 1 saturated heterocycles. The van der Waals surface area contributed by atoms with E-state index in [9.17, 15) is 0 Å². The molecular weight excluding hydrogens is 701 g/mol. The van der Waals surface area contributed by atoms with Crippen LogP contribution >= 0.6 is 0 Å². The highest BCUT2D eigenvalue weighted by atomic mass is 15.2. The van der Waals surface area contributed by atoms with Gasteiger partial charge in [0.2, 0.25) is 0 Å². The van der Waals surface area contributed by atoms with Crippen molar-refractivity contribution in [3.8, 4) is 11.8 Å². The van der Waals surface area contributed by atoms with Crippen molar-refractivity contribution in [3.05, 3.63) is 149 Å². The Labute approximate surface area is 348 Å². The van der Waals surface area contributed by atoms with Crippen LogP contribution in [-0.2, 0) is 19.3 Å². The van der Waals surface area contributed by atoms with Crippen molar-refractivity contribution in [1.29, 1.82) is 0 Å². The Morgan fingerprint density at radius 2 is 1.66 bits per heavy atom. The van der Waals surface area contributed by atoms with Crippen LogP contribution in [0.25, 0.3) is 17.3 Å². The molecule has 9 aliphatic rings. The van der Waals surface area contributed by atoms with E-state index in [0.29, 0.717) is 59.4 Å². The number of rotatable bonds is 6. The summed E-state index contributed by atoms with van der Waals surface area (Å²) < 4.78 is 2.85. The molecule has 11 atom stereocenters. The molecule has 0 bridgehead atoms. The van der Waals surface area contributed by atoms with Gasteiger partial charge in [0.1, 0.15) is 0 Å². The van der Waals surface area contributed by atoms with Crippen LogP contribution in [0.5, 0.6) is 0 Å². The molecule has 11 unspecified atom stereocenters. The van der Waals surface area contributed by atoms with Crippen LogP contribution in [0, 0.1) is 65.1 Å². The van der Waals surface area contributed by atoms with Gasteiger partial charge in [-0.25, -0.2) is 0 Å². The Hall–Kier alpha value is -4.48. The fourth-order valence-electron chi connectivity index (χ4n) is 13.2. The summed E-state index contributed by atoms with van der Waals surface area (Å²) >= 11 is 0. The molecule has 2 heterocycles. The Balaban J connectivity index is 0.946. The summed E-state index contributed by atoms with van der Waals surface area (Å²) in [5, 5.41) is 0. The number of allylic oxidation sites excluding steroid dienone is 15. The molecule has 296 valence electrons. The first kappa shape index (κ1) is 36.6. The third-order valence-electron chi connectivity index (χ3n) is 16.1. The summed E-state index contributed by atoms with van der Waals surface area (Å²) in [5.74, 6) is 12.9. The third-order valence-corrected chi connectivity index (χ3v) is 16.1. The SMILES string of the molecule is CC1CCc2c3c(n(C4=CC(c5ccccc5)=CC(C5C=CCCC5)C4)c2C1)CC(C1C#CC2C(C1C)C1C=CCCC1N2C1=CC(C2=CC=CCC2)CC=C1)C=C3. The topological polar surface area (TPSA) is 8.17 Å². The van der Waals surface area contributed by atoms with Crippen molar-refractivity contribution in [1.82, 2.24) is 9.47 Å². The standard InChI is InChI=1S/C56H62N2/c1-37-25-27-49-50-28-26-43(36-55(50)58(54(49)31-37)47-34-44(40-17-8-4-9-18-40)32-45(35-47)41-19-10-5-11-20-41)48-29-30-53-56(38(48)2)51-23-12-13-24-52(51)57(53)46-22-14-21-42(33-46)39-15-6-3-7-16-39/h3-4,6,8-10,12,14-15,17-19,22-23,26,28,32-34,37-38,41-43,45,48,51-53,56H,5,7,11,13,16,20-21,24-25,27,31,35-36H2,1-2H3. The fraction of sp³-hybridized carbons (Fsp3) is 0.464. The van der Waals surface area contributed by atoms with Gasteiger partial charge in [0.25, 0.3) is 0 Å². The lowest BCUT2D eigenvalue weighted by Gasteiger charge is -2.39. The number of benzene rings is 1. The van der Waals surface area contributed by atoms with E-state index < -0.39 is 0 Å². The highest BCUT2D eigenvalue weighted by molar-refractivity contribution is 5.83. The van der Waals surface area contributed by atoms with Gasteiger partial charge in [-0.15, -0.1) is 0 Å². The van der Waals surface area contributed by atoms with E-state index in [1.165, 1.54) is 86.7 Å². The lowest BCUT2D eigenvalue weighted by Crippen LogP contribution is -2.41. The number of fused-ring (bicyclic) bond motifs is 6. The molecule has 0 saturated carbocycles. The van der Waals surface area contributed by atoms with Gasteiger partial charge >= 0.3 is 0 Å². The van der Waals surface area contributed by atoms with Gasteiger partial charge in [0.15, 0.2) is 0 Å². The van der Waals surface area contributed by atoms with E-state index in [1.807, 2.05) is 0 Å². The van der Waals surface area contributed by atoms with Gasteiger partial charge in [0.05, 0.1) is 6.04 Å². The quantitative estimate of drug-likeness (QED) is 0.210. The van der Waals surface area contributed by atoms with Crippen molar-refractivity contribution in [2.45, 2.75) is 109 Å². The zero-order valence-electron chi connectivity index (χ0n) is 34.9. The number of aromatic nitrogens is 1. The molecular formula is C56H62N2. The van der Waals surface area contributed by atoms with E-state index >= 15 is 0 Å². The van der Waals surface area contributed by atoms with E-state index in [-0.39, 0.29) is 0 Å². The van der Waals surface area contributed by atoms with Gasteiger partial charge in [-0.1, -0.05) is 135 Å². The predicted octanol–water partition coefficient (Wildman–Crippen LogP) is 12.7. The minimum atomic E-state index is 0.293. The number of hydrogen-bond acceptors (Lipinski definition) is 1. The summed E-state index contributed by atoms with van der Waals surface area (Å²) in [6.45, 7) is 5.07. The second kappa shape index (κ2) is 15.3. The minimum absolute atomic E-state index is 0.293. The summed E-state index contributed by atoms with van der Waals surface area (Å²) in [5.41, 5.74) is 13.7. The van der Waals surface area contributed by atoms with Crippen LogP contribution in [0.1, 0.15) is 106 Å². The summed E-state index contributed by atoms with van der Waals surface area (Å²) in [6, 6.07) is 12.1. The smallest absolute Gasteiger partial charge is 0.0944 e. The molecule has 1 fully saturated rings. The van der Waals surface area contributed by atoms with Gasteiger partial charge < -0.3 is 9.47 Å². The minimum Gasteiger partial charge on any atom is -0.354 e.